The van der Waals surface area contributed by atoms with Crippen molar-refractivity contribution in [2.45, 2.75) is 50.8 Å². The number of hydrogen-bond acceptors (Lipinski definition) is 8. The SMILES string of the molecule is COc1c(N2C[C@H](C)C[C@H](N)C2)ccc2c(=O)c(C(=O)O)cn(C3CC3)c12.O.O=C(O)CC(O)C(=O)O. The number of nitrogens with two attached hydrogens (primary N) is 1. The van der Waals surface area contributed by atoms with Crippen LogP contribution in [0.4, 0.5) is 5.69 Å². The van der Waals surface area contributed by atoms with Crippen LogP contribution in [0, 0.1) is 5.92 Å². The molecule has 0 bridgehead atoms. The van der Waals surface area contributed by atoms with E-state index in [1.165, 1.54) is 6.20 Å². The van der Waals surface area contributed by atoms with E-state index < -0.39 is 35.9 Å². The molecule has 2 aromatic rings. The van der Waals surface area contributed by atoms with Gasteiger partial charge in [0.25, 0.3) is 0 Å². The van der Waals surface area contributed by atoms with Gasteiger partial charge in [-0.2, -0.15) is 0 Å². The van der Waals surface area contributed by atoms with Crippen LogP contribution in [-0.4, -0.2) is 80.7 Å². The lowest BCUT2D eigenvalue weighted by Crippen LogP contribution is -2.46. The van der Waals surface area contributed by atoms with E-state index >= 15 is 0 Å². The molecular weight excluding hydrogens is 490 g/mol. The molecule has 0 spiro atoms. The van der Waals surface area contributed by atoms with Crippen molar-refractivity contribution >= 4 is 34.5 Å². The Balaban J connectivity index is 0.000000416. The fourth-order valence-electron chi connectivity index (χ4n) is 4.50. The van der Waals surface area contributed by atoms with Crippen molar-refractivity contribution in [3.8, 4) is 5.75 Å². The lowest BCUT2D eigenvalue weighted by molar-refractivity contribution is -0.152. The number of fused-ring (bicyclic) bond motifs is 1. The van der Waals surface area contributed by atoms with Crippen molar-refractivity contribution in [3.05, 3.63) is 34.1 Å². The molecule has 13 nitrogen and oxygen atoms in total. The number of aliphatic hydroxyl groups is 1. The quantitative estimate of drug-likeness (QED) is 0.332. The number of piperidine rings is 1. The van der Waals surface area contributed by atoms with E-state index in [9.17, 15) is 24.3 Å². The van der Waals surface area contributed by atoms with Gasteiger partial charge >= 0.3 is 17.9 Å². The van der Waals surface area contributed by atoms with E-state index in [0.717, 1.165) is 38.0 Å². The first-order chi connectivity index (χ1) is 16.9. The summed E-state index contributed by atoms with van der Waals surface area (Å²) >= 11 is 0. The maximum absolute atomic E-state index is 12.7. The predicted molar refractivity (Wildman–Crippen MR) is 133 cm³/mol. The van der Waals surface area contributed by atoms with Crippen LogP contribution in [-0.2, 0) is 9.59 Å². The fourth-order valence-corrected chi connectivity index (χ4v) is 4.50. The van der Waals surface area contributed by atoms with E-state index in [1.807, 2.05) is 10.6 Å². The summed E-state index contributed by atoms with van der Waals surface area (Å²) in [6, 6.07) is 3.88. The topological polar surface area (TPSA) is 224 Å². The molecule has 2 heterocycles. The number of carboxylic acid groups (broad SMARTS) is 3. The number of rotatable bonds is 7. The van der Waals surface area contributed by atoms with Crippen molar-refractivity contribution in [1.82, 2.24) is 4.57 Å². The molecule has 1 aliphatic carbocycles. The summed E-state index contributed by atoms with van der Waals surface area (Å²) in [6.07, 6.45) is 1.85. The molecular formula is C24H33N3O10. The molecule has 0 radical (unpaired) electrons. The van der Waals surface area contributed by atoms with Crippen molar-refractivity contribution in [2.24, 2.45) is 11.7 Å². The third kappa shape index (κ3) is 6.76. The number of pyridine rings is 1. The highest BCUT2D eigenvalue weighted by Crippen LogP contribution is 2.43. The number of methoxy groups -OCH3 is 1. The summed E-state index contributed by atoms with van der Waals surface area (Å²) in [4.78, 5) is 45.9. The molecule has 1 aliphatic heterocycles. The van der Waals surface area contributed by atoms with Gasteiger partial charge in [0.15, 0.2) is 11.9 Å². The molecule has 2 aliphatic rings. The average molecular weight is 524 g/mol. The first-order valence-corrected chi connectivity index (χ1v) is 11.6. The molecule has 13 heteroatoms. The van der Waals surface area contributed by atoms with Gasteiger partial charge < -0.3 is 45.8 Å². The Morgan fingerprint density at radius 1 is 1.16 bits per heavy atom. The van der Waals surface area contributed by atoms with Gasteiger partial charge in [0.05, 0.1) is 30.1 Å². The standard InChI is InChI=1S/C20H25N3O4.C4H6O5.H2O/c1-11-7-12(21)9-22(8-11)16-6-5-14-17(19(16)27-2)23(13-3-4-13)10-15(18(14)24)20(25)26;5-2(4(8)9)1-3(6)7;/h5-6,10-13H,3-4,7-9,21H2,1-2H3,(H,25,26);2,5H,1H2,(H,6,7)(H,8,9);1H2/t11-,12+;;/m1../s1. The first-order valence-electron chi connectivity index (χ1n) is 11.6. The summed E-state index contributed by atoms with van der Waals surface area (Å²) in [6.45, 7) is 3.78. The van der Waals surface area contributed by atoms with Gasteiger partial charge in [-0.25, -0.2) is 9.59 Å². The van der Waals surface area contributed by atoms with Gasteiger partial charge in [-0.3, -0.25) is 9.59 Å². The van der Waals surface area contributed by atoms with E-state index in [0.29, 0.717) is 22.6 Å². The molecule has 37 heavy (non-hydrogen) atoms. The zero-order valence-electron chi connectivity index (χ0n) is 20.6. The smallest absolute Gasteiger partial charge is 0.341 e. The number of carbonyl (C=O) groups is 3. The number of aromatic nitrogens is 1. The van der Waals surface area contributed by atoms with Crippen molar-refractivity contribution in [3.63, 3.8) is 0 Å². The Hall–Kier alpha value is -3.68. The monoisotopic (exact) mass is 523 g/mol. The Morgan fingerprint density at radius 2 is 1.81 bits per heavy atom. The molecule has 1 saturated heterocycles. The minimum Gasteiger partial charge on any atom is -0.492 e. The Labute approximate surface area is 212 Å². The second-order valence-electron chi connectivity index (χ2n) is 9.29. The van der Waals surface area contributed by atoms with Gasteiger partial charge in [0, 0.05) is 31.4 Å². The summed E-state index contributed by atoms with van der Waals surface area (Å²) in [5.74, 6) is -2.96. The number of aromatic carboxylic acids is 1. The molecule has 204 valence electrons. The van der Waals surface area contributed by atoms with Crippen LogP contribution < -0.4 is 20.8 Å². The number of hydrogen-bond donors (Lipinski definition) is 5. The highest BCUT2D eigenvalue weighted by molar-refractivity contribution is 5.97. The molecule has 1 unspecified atom stereocenters. The van der Waals surface area contributed by atoms with Crippen LogP contribution >= 0.6 is 0 Å². The second kappa shape index (κ2) is 12.0. The highest BCUT2D eigenvalue weighted by atomic mass is 16.5. The van der Waals surface area contributed by atoms with Crippen LogP contribution in [0.2, 0.25) is 0 Å². The van der Waals surface area contributed by atoms with Crippen LogP contribution in [0.3, 0.4) is 0 Å². The van der Waals surface area contributed by atoms with Crippen LogP contribution in [0.25, 0.3) is 10.9 Å². The summed E-state index contributed by atoms with van der Waals surface area (Å²) in [5.41, 5.74) is 7.14. The molecule has 8 N–H and O–H groups in total. The summed E-state index contributed by atoms with van der Waals surface area (Å²) in [7, 11) is 1.60. The normalized spacial score (nSPS) is 19.7. The number of anilines is 1. The summed E-state index contributed by atoms with van der Waals surface area (Å²) in [5, 5.41) is 34.0. The van der Waals surface area contributed by atoms with Crippen LogP contribution in [0.5, 0.6) is 5.75 Å². The zero-order valence-corrected chi connectivity index (χ0v) is 20.6. The van der Waals surface area contributed by atoms with E-state index in [-0.39, 0.29) is 23.1 Å². The minimum absolute atomic E-state index is 0. The fraction of sp³-hybridized carbons (Fsp3) is 0.500. The molecule has 1 aromatic carbocycles. The van der Waals surface area contributed by atoms with Crippen LogP contribution in [0.15, 0.2) is 23.1 Å². The van der Waals surface area contributed by atoms with E-state index in [2.05, 4.69) is 11.8 Å². The van der Waals surface area contributed by atoms with Crippen molar-refractivity contribution < 1.29 is 45.0 Å². The Kier molecular flexibility index (Phi) is 9.61. The third-order valence-corrected chi connectivity index (χ3v) is 6.19. The first kappa shape index (κ1) is 29.5. The molecule has 1 saturated carbocycles. The maximum atomic E-state index is 12.7. The molecule has 2 fully saturated rings. The largest absolute Gasteiger partial charge is 0.492 e. The number of aliphatic carboxylic acids is 2. The summed E-state index contributed by atoms with van der Waals surface area (Å²) < 4.78 is 7.68. The number of aliphatic hydroxyl groups excluding tert-OH is 1. The predicted octanol–water partition coefficient (Wildman–Crippen LogP) is 0.299. The minimum atomic E-state index is -1.79. The highest BCUT2D eigenvalue weighted by Gasteiger charge is 2.31. The second-order valence-corrected chi connectivity index (χ2v) is 9.29. The van der Waals surface area contributed by atoms with Gasteiger partial charge in [-0.05, 0) is 37.3 Å². The zero-order chi connectivity index (χ0) is 26.7. The van der Waals surface area contributed by atoms with Gasteiger partial charge in [-0.1, -0.05) is 6.92 Å². The van der Waals surface area contributed by atoms with Crippen LogP contribution in [0.1, 0.15) is 49.0 Å². The number of benzene rings is 1. The molecule has 1 aromatic heterocycles. The van der Waals surface area contributed by atoms with Crippen molar-refractivity contribution in [2.75, 3.05) is 25.1 Å². The number of carboxylic acids is 3. The Bertz CT molecular complexity index is 1210. The molecule has 0 amide bonds. The molecule has 3 atom stereocenters. The lowest BCUT2D eigenvalue weighted by Gasteiger charge is -2.37. The van der Waals surface area contributed by atoms with E-state index in [4.69, 9.17) is 25.8 Å². The van der Waals surface area contributed by atoms with Gasteiger partial charge in [-0.15, -0.1) is 0 Å². The van der Waals surface area contributed by atoms with Gasteiger partial charge in [0.1, 0.15) is 5.56 Å². The number of ether oxygens (including phenoxy) is 1. The number of nitrogens with zero attached hydrogens (tertiary/aromatic N) is 2. The lowest BCUT2D eigenvalue weighted by atomic mass is 9.95. The average Bonchev–Trinajstić information content (AvgIpc) is 3.63. The van der Waals surface area contributed by atoms with Crippen molar-refractivity contribution in [1.29, 1.82) is 0 Å². The third-order valence-electron chi connectivity index (χ3n) is 6.19. The van der Waals surface area contributed by atoms with E-state index in [1.54, 1.807) is 13.2 Å². The maximum Gasteiger partial charge on any atom is 0.341 e. The Morgan fingerprint density at radius 3 is 2.27 bits per heavy atom. The molecule has 4 rings (SSSR count). The van der Waals surface area contributed by atoms with Gasteiger partial charge in [0.2, 0.25) is 5.43 Å².